The average molecular weight is 526 g/mol. The Balaban J connectivity index is 1.47. The van der Waals surface area contributed by atoms with Crippen LogP contribution in [0.5, 0.6) is 5.75 Å². The molecule has 1 fully saturated rings. The molecule has 0 aliphatic carbocycles. The van der Waals surface area contributed by atoms with E-state index in [1.54, 1.807) is 19.1 Å². The fraction of sp³-hybridized carbons (Fsp3) is 0.435. The van der Waals surface area contributed by atoms with E-state index < -0.39 is 20.0 Å². The fourth-order valence-electron chi connectivity index (χ4n) is 3.25. The van der Waals surface area contributed by atoms with Gasteiger partial charge in [-0.3, -0.25) is 4.79 Å². The molecule has 2 aromatic rings. The zero-order chi connectivity index (χ0) is 25.5. The summed E-state index contributed by atoms with van der Waals surface area (Å²) in [5.74, 6) is -0.00883. The average Bonchev–Trinajstić information content (AvgIpc) is 2.87. The van der Waals surface area contributed by atoms with Gasteiger partial charge in [-0.15, -0.1) is 0 Å². The summed E-state index contributed by atoms with van der Waals surface area (Å²) in [7, 11) is -7.17. The van der Waals surface area contributed by atoms with E-state index in [0.717, 1.165) is 5.56 Å². The fourth-order valence-corrected chi connectivity index (χ4v) is 5.98. The van der Waals surface area contributed by atoms with Crippen LogP contribution < -0.4 is 14.8 Å². The third-order valence-electron chi connectivity index (χ3n) is 5.49. The molecule has 0 bridgehead atoms. The minimum atomic E-state index is -3.61. The first-order valence-electron chi connectivity index (χ1n) is 11.3. The molecule has 1 heterocycles. The van der Waals surface area contributed by atoms with Crippen molar-refractivity contribution in [1.82, 2.24) is 14.3 Å². The Labute approximate surface area is 206 Å². The highest BCUT2D eigenvalue weighted by molar-refractivity contribution is 7.89. The largest absolute Gasteiger partial charge is 0.484 e. The molecular weight excluding hydrogens is 494 g/mol. The van der Waals surface area contributed by atoms with Gasteiger partial charge < -0.3 is 14.8 Å². The van der Waals surface area contributed by atoms with E-state index in [4.69, 9.17) is 9.47 Å². The molecule has 3 rings (SSSR count). The normalized spacial score (nSPS) is 15.9. The van der Waals surface area contributed by atoms with E-state index in [0.29, 0.717) is 38.5 Å². The van der Waals surface area contributed by atoms with Crippen molar-refractivity contribution in [2.24, 2.45) is 0 Å². The van der Waals surface area contributed by atoms with Crippen molar-refractivity contribution in [3.05, 3.63) is 54.1 Å². The smallest absolute Gasteiger partial charge is 0.258 e. The third kappa shape index (κ3) is 7.48. The molecule has 12 heteroatoms. The molecule has 0 saturated carbocycles. The quantitative estimate of drug-likeness (QED) is 0.454. The van der Waals surface area contributed by atoms with Crippen molar-refractivity contribution in [1.29, 1.82) is 0 Å². The van der Waals surface area contributed by atoms with Crippen LogP contribution in [0.25, 0.3) is 0 Å². The van der Waals surface area contributed by atoms with Crippen molar-refractivity contribution in [3.8, 4) is 5.75 Å². The maximum absolute atomic E-state index is 12.7. The maximum Gasteiger partial charge on any atom is 0.258 e. The van der Waals surface area contributed by atoms with Gasteiger partial charge in [-0.25, -0.2) is 21.6 Å². The number of carbonyl (C=O) groups excluding carboxylic acids is 1. The van der Waals surface area contributed by atoms with Gasteiger partial charge in [0.1, 0.15) is 5.75 Å². The Kier molecular flexibility index (Phi) is 9.25. The number of rotatable bonds is 11. The Morgan fingerprint density at radius 2 is 1.60 bits per heavy atom. The number of hydrogen-bond acceptors (Lipinski definition) is 7. The molecule has 2 aromatic carbocycles. The van der Waals surface area contributed by atoms with Gasteiger partial charge in [0.05, 0.1) is 23.0 Å². The van der Waals surface area contributed by atoms with Crippen LogP contribution in [0.1, 0.15) is 25.8 Å². The molecule has 0 radical (unpaired) electrons. The molecule has 0 aromatic heterocycles. The van der Waals surface area contributed by atoms with E-state index in [2.05, 4.69) is 10.0 Å². The second kappa shape index (κ2) is 12.0. The summed E-state index contributed by atoms with van der Waals surface area (Å²) in [4.78, 5) is 12.5. The molecule has 35 heavy (non-hydrogen) atoms. The van der Waals surface area contributed by atoms with E-state index in [1.807, 2.05) is 6.92 Å². The van der Waals surface area contributed by atoms with Crippen LogP contribution in [-0.4, -0.2) is 66.0 Å². The van der Waals surface area contributed by atoms with Crippen molar-refractivity contribution >= 4 is 26.0 Å². The molecule has 1 aliphatic heterocycles. The van der Waals surface area contributed by atoms with Gasteiger partial charge in [0.25, 0.3) is 5.91 Å². The van der Waals surface area contributed by atoms with E-state index in [-0.39, 0.29) is 34.9 Å². The number of nitrogens with one attached hydrogen (secondary N) is 2. The van der Waals surface area contributed by atoms with Gasteiger partial charge in [0, 0.05) is 25.7 Å². The molecule has 192 valence electrons. The van der Waals surface area contributed by atoms with Crippen LogP contribution >= 0.6 is 0 Å². The van der Waals surface area contributed by atoms with Gasteiger partial charge in [-0.2, -0.15) is 4.31 Å². The topological polar surface area (TPSA) is 131 Å². The van der Waals surface area contributed by atoms with Crippen LogP contribution in [0, 0.1) is 0 Å². The number of amides is 1. The molecule has 10 nitrogen and oxygen atoms in total. The lowest BCUT2D eigenvalue weighted by molar-refractivity contribution is -0.123. The van der Waals surface area contributed by atoms with Crippen LogP contribution in [0.4, 0.5) is 0 Å². The lowest BCUT2D eigenvalue weighted by Crippen LogP contribution is -2.40. The highest BCUT2D eigenvalue weighted by atomic mass is 32.2. The first-order chi connectivity index (χ1) is 16.6. The first-order valence-corrected chi connectivity index (χ1v) is 14.2. The molecule has 1 aliphatic rings. The summed E-state index contributed by atoms with van der Waals surface area (Å²) >= 11 is 0. The van der Waals surface area contributed by atoms with Gasteiger partial charge in [-0.05, 0) is 55.3 Å². The molecule has 1 unspecified atom stereocenters. The van der Waals surface area contributed by atoms with E-state index in [1.165, 1.54) is 40.7 Å². The lowest BCUT2D eigenvalue weighted by Gasteiger charge is -2.26. The molecule has 0 spiro atoms. The number of sulfonamides is 2. The van der Waals surface area contributed by atoms with Gasteiger partial charge in [-0.1, -0.05) is 19.1 Å². The number of ether oxygens (including phenoxy) is 2. The summed E-state index contributed by atoms with van der Waals surface area (Å²) in [6.07, 6.45) is 0.674. The highest BCUT2D eigenvalue weighted by Crippen LogP contribution is 2.18. The van der Waals surface area contributed by atoms with Crippen LogP contribution in [0.15, 0.2) is 58.3 Å². The van der Waals surface area contributed by atoms with Crippen molar-refractivity contribution < 1.29 is 31.1 Å². The standard InChI is InChI=1S/C23H31N3O7S2/c1-3-18(2)25-34(28,29)21-10-6-20(7-11-21)33-17-23(27)24-16-19-4-8-22(9-5-19)35(30,31)26-12-14-32-15-13-26/h4-11,18,25H,3,12-17H2,1-2H3,(H,24,27). The van der Waals surface area contributed by atoms with E-state index in [9.17, 15) is 21.6 Å². The molecule has 1 amide bonds. The van der Waals surface area contributed by atoms with Crippen LogP contribution in [0.3, 0.4) is 0 Å². The minimum absolute atomic E-state index is 0.119. The summed E-state index contributed by atoms with van der Waals surface area (Å²) in [5, 5.41) is 2.71. The number of benzene rings is 2. The Hall–Kier alpha value is -2.51. The van der Waals surface area contributed by atoms with Gasteiger partial charge >= 0.3 is 0 Å². The van der Waals surface area contributed by atoms with E-state index >= 15 is 0 Å². The zero-order valence-corrected chi connectivity index (χ0v) is 21.4. The monoisotopic (exact) mass is 525 g/mol. The summed E-state index contributed by atoms with van der Waals surface area (Å²) in [5.41, 5.74) is 0.739. The Morgan fingerprint density at radius 3 is 2.20 bits per heavy atom. The van der Waals surface area contributed by atoms with Crippen LogP contribution in [0.2, 0.25) is 0 Å². The van der Waals surface area contributed by atoms with Crippen LogP contribution in [-0.2, 0) is 36.1 Å². The van der Waals surface area contributed by atoms with Crippen molar-refractivity contribution in [3.63, 3.8) is 0 Å². The van der Waals surface area contributed by atoms with Gasteiger partial charge in [0.2, 0.25) is 20.0 Å². The van der Waals surface area contributed by atoms with Crippen molar-refractivity contribution in [2.75, 3.05) is 32.9 Å². The van der Waals surface area contributed by atoms with Gasteiger partial charge in [0.15, 0.2) is 6.61 Å². The Morgan fingerprint density at radius 1 is 1.00 bits per heavy atom. The molecule has 2 N–H and O–H groups in total. The number of carbonyl (C=O) groups is 1. The predicted octanol–water partition coefficient (Wildman–Crippen LogP) is 1.48. The number of hydrogen-bond donors (Lipinski definition) is 2. The maximum atomic E-state index is 12.7. The lowest BCUT2D eigenvalue weighted by atomic mass is 10.2. The second-order valence-electron chi connectivity index (χ2n) is 8.13. The number of morpholine rings is 1. The SMILES string of the molecule is CCC(C)NS(=O)(=O)c1ccc(OCC(=O)NCc2ccc(S(=O)(=O)N3CCOCC3)cc2)cc1. The zero-order valence-electron chi connectivity index (χ0n) is 19.8. The first kappa shape index (κ1) is 27.1. The second-order valence-corrected chi connectivity index (χ2v) is 11.8. The Bertz CT molecular complexity index is 1190. The molecule has 1 saturated heterocycles. The highest BCUT2D eigenvalue weighted by Gasteiger charge is 2.26. The third-order valence-corrected chi connectivity index (χ3v) is 9.01. The summed E-state index contributed by atoms with van der Waals surface area (Å²) < 4.78 is 64.5. The summed E-state index contributed by atoms with van der Waals surface area (Å²) in [6.45, 7) is 5.05. The number of nitrogens with zero attached hydrogens (tertiary/aromatic N) is 1. The predicted molar refractivity (Wildman–Crippen MR) is 130 cm³/mol. The molecule has 1 atom stereocenters. The molecular formula is C23H31N3O7S2. The minimum Gasteiger partial charge on any atom is -0.484 e. The van der Waals surface area contributed by atoms with Crippen molar-refractivity contribution in [2.45, 2.75) is 42.6 Å². The summed E-state index contributed by atoms with van der Waals surface area (Å²) in [6, 6.07) is 12.0.